The van der Waals surface area contributed by atoms with Crippen molar-refractivity contribution in [1.82, 2.24) is 14.7 Å². The van der Waals surface area contributed by atoms with Crippen molar-refractivity contribution < 1.29 is 23.2 Å². The van der Waals surface area contributed by atoms with Gasteiger partial charge in [0.25, 0.3) is 0 Å². The Morgan fingerprint density at radius 2 is 1.64 bits per heavy atom. The Labute approximate surface area is 210 Å². The van der Waals surface area contributed by atoms with Crippen LogP contribution in [-0.4, -0.2) is 65.6 Å². The van der Waals surface area contributed by atoms with Gasteiger partial charge in [0.05, 0.1) is 0 Å². The van der Waals surface area contributed by atoms with E-state index in [-0.39, 0.29) is 29.2 Å². The number of hydrogen-bond acceptors (Lipinski definition) is 3. The average molecular weight is 498 g/mol. The molecule has 2 aromatic carbocycles. The molecule has 0 bridgehead atoms. The number of benzene rings is 2. The topological polar surface area (TPSA) is 60.9 Å². The number of rotatable bonds is 6. The molecule has 2 aromatic rings. The Balaban J connectivity index is 1.83. The van der Waals surface area contributed by atoms with Crippen LogP contribution in [0.5, 0.6) is 0 Å². The first kappa shape index (κ1) is 25.8. The fourth-order valence-electron chi connectivity index (χ4n) is 5.63. The normalized spacial score (nSPS) is 21.2. The highest BCUT2D eigenvalue weighted by Gasteiger charge is 2.52. The zero-order valence-corrected chi connectivity index (χ0v) is 21.4. The van der Waals surface area contributed by atoms with Gasteiger partial charge in [-0.25, -0.2) is 8.78 Å². The summed E-state index contributed by atoms with van der Waals surface area (Å²) in [4.78, 5) is 45.6. The number of nitrogens with zero attached hydrogens (tertiary/aromatic N) is 3. The number of amides is 3. The summed E-state index contributed by atoms with van der Waals surface area (Å²) < 4.78 is 28.9. The third-order valence-electron chi connectivity index (χ3n) is 7.33. The number of halogens is 2. The molecule has 1 saturated heterocycles. The predicted molar refractivity (Wildman–Crippen MR) is 132 cm³/mol. The van der Waals surface area contributed by atoms with Gasteiger partial charge < -0.3 is 14.7 Å². The molecular weight excluding hydrogens is 464 g/mol. The Bertz CT molecular complexity index is 1160. The molecule has 3 amide bonds. The minimum absolute atomic E-state index is 0.0307. The van der Waals surface area contributed by atoms with E-state index in [4.69, 9.17) is 0 Å². The van der Waals surface area contributed by atoms with Crippen LogP contribution in [0.15, 0.2) is 42.5 Å². The fourth-order valence-corrected chi connectivity index (χ4v) is 5.63. The number of piperazine rings is 1. The Morgan fingerprint density at radius 3 is 2.17 bits per heavy atom. The van der Waals surface area contributed by atoms with Crippen LogP contribution >= 0.6 is 0 Å². The summed E-state index contributed by atoms with van der Waals surface area (Å²) in [6.45, 7) is 3.85. The maximum Gasteiger partial charge on any atom is 0.249 e. The van der Waals surface area contributed by atoms with Crippen LogP contribution in [0.4, 0.5) is 8.78 Å². The standard InChI is InChI=1S/C28H33F2N3O3/c1-16(2)12-23-26(34)32(5)24(19-13-17-8-6-7-9-18(17)14-19)28(36)33(23)25(27(35)31(3)4)21-11-10-20(29)15-22(21)30/h6-11,15-16,19,23-25H,12-14H2,1-5H3/t23-,24?,25-/m1/s1. The molecule has 4 rings (SSSR count). The summed E-state index contributed by atoms with van der Waals surface area (Å²) in [5, 5.41) is 0. The molecule has 0 aromatic heterocycles. The molecule has 1 unspecified atom stereocenters. The molecule has 3 atom stereocenters. The summed E-state index contributed by atoms with van der Waals surface area (Å²) in [5.74, 6) is -3.06. The molecule has 1 heterocycles. The van der Waals surface area contributed by atoms with Gasteiger partial charge >= 0.3 is 0 Å². The molecule has 192 valence electrons. The molecule has 0 radical (unpaired) electrons. The van der Waals surface area contributed by atoms with E-state index in [1.807, 2.05) is 38.1 Å². The molecular formula is C28H33F2N3O3. The maximum absolute atomic E-state index is 15.1. The Hall–Kier alpha value is -3.29. The molecule has 0 saturated carbocycles. The van der Waals surface area contributed by atoms with Crippen molar-refractivity contribution >= 4 is 17.7 Å². The lowest BCUT2D eigenvalue weighted by atomic mass is 9.86. The van der Waals surface area contributed by atoms with Crippen LogP contribution in [0.2, 0.25) is 0 Å². The smallest absolute Gasteiger partial charge is 0.249 e. The van der Waals surface area contributed by atoms with Crippen LogP contribution < -0.4 is 0 Å². The lowest BCUT2D eigenvalue weighted by Gasteiger charge is -2.48. The van der Waals surface area contributed by atoms with Crippen molar-refractivity contribution in [1.29, 1.82) is 0 Å². The first-order chi connectivity index (χ1) is 17.0. The van der Waals surface area contributed by atoms with Crippen LogP contribution in [-0.2, 0) is 27.2 Å². The highest BCUT2D eigenvalue weighted by Crippen LogP contribution is 2.39. The second-order valence-electron chi connectivity index (χ2n) is 10.5. The van der Waals surface area contributed by atoms with Crippen molar-refractivity contribution in [2.75, 3.05) is 21.1 Å². The van der Waals surface area contributed by atoms with E-state index in [2.05, 4.69) is 0 Å². The van der Waals surface area contributed by atoms with Gasteiger partial charge in [-0.3, -0.25) is 14.4 Å². The Morgan fingerprint density at radius 1 is 1.03 bits per heavy atom. The minimum Gasteiger partial charge on any atom is -0.347 e. The van der Waals surface area contributed by atoms with E-state index in [1.165, 1.54) is 34.9 Å². The molecule has 0 N–H and O–H groups in total. The van der Waals surface area contributed by atoms with E-state index >= 15 is 4.39 Å². The quantitative estimate of drug-likeness (QED) is 0.613. The van der Waals surface area contributed by atoms with E-state index in [1.54, 1.807) is 7.05 Å². The van der Waals surface area contributed by atoms with E-state index in [9.17, 15) is 18.8 Å². The second-order valence-corrected chi connectivity index (χ2v) is 10.5. The molecule has 1 aliphatic carbocycles. The molecule has 6 nitrogen and oxygen atoms in total. The number of fused-ring (bicyclic) bond motifs is 1. The fraction of sp³-hybridized carbons (Fsp3) is 0.464. The van der Waals surface area contributed by atoms with E-state index in [0.29, 0.717) is 25.3 Å². The van der Waals surface area contributed by atoms with Crippen molar-refractivity contribution in [3.63, 3.8) is 0 Å². The van der Waals surface area contributed by atoms with Crippen molar-refractivity contribution in [2.24, 2.45) is 11.8 Å². The Kier molecular flexibility index (Phi) is 7.16. The van der Waals surface area contributed by atoms with Gasteiger partial charge in [-0.05, 0) is 48.3 Å². The molecule has 1 fully saturated rings. The van der Waals surface area contributed by atoms with Gasteiger partial charge in [0.2, 0.25) is 17.7 Å². The van der Waals surface area contributed by atoms with Crippen molar-refractivity contribution in [2.45, 2.75) is 51.2 Å². The SMILES string of the molecule is CC(C)C[C@@H]1C(=O)N(C)C(C2Cc3ccccc3C2)C(=O)N1[C@@H](C(=O)N(C)C)c1ccc(F)cc1F. The van der Waals surface area contributed by atoms with Crippen molar-refractivity contribution in [3.05, 3.63) is 70.8 Å². The first-order valence-corrected chi connectivity index (χ1v) is 12.3. The second kappa shape index (κ2) is 9.99. The van der Waals surface area contributed by atoms with Crippen LogP contribution in [0, 0.1) is 23.5 Å². The third-order valence-corrected chi connectivity index (χ3v) is 7.33. The summed E-state index contributed by atoms with van der Waals surface area (Å²) in [5.41, 5.74) is 2.15. The zero-order valence-electron chi connectivity index (χ0n) is 21.4. The lowest BCUT2D eigenvalue weighted by Crippen LogP contribution is -2.67. The molecule has 8 heteroatoms. The lowest BCUT2D eigenvalue weighted by molar-refractivity contribution is -0.169. The summed E-state index contributed by atoms with van der Waals surface area (Å²) in [6.07, 6.45) is 1.57. The van der Waals surface area contributed by atoms with Crippen LogP contribution in [0.25, 0.3) is 0 Å². The van der Waals surface area contributed by atoms with Gasteiger partial charge in [0.1, 0.15) is 29.8 Å². The largest absolute Gasteiger partial charge is 0.347 e. The average Bonchev–Trinajstić information content (AvgIpc) is 3.23. The zero-order chi connectivity index (χ0) is 26.3. The van der Waals surface area contributed by atoms with Gasteiger partial charge in [-0.15, -0.1) is 0 Å². The molecule has 2 aliphatic rings. The number of likely N-dealkylation sites (N-methyl/N-ethyl adjacent to an activating group) is 2. The van der Waals surface area contributed by atoms with E-state index < -0.39 is 35.7 Å². The summed E-state index contributed by atoms with van der Waals surface area (Å²) in [7, 11) is 4.67. The first-order valence-electron chi connectivity index (χ1n) is 12.3. The summed E-state index contributed by atoms with van der Waals surface area (Å²) >= 11 is 0. The summed E-state index contributed by atoms with van der Waals surface area (Å²) in [6, 6.07) is 7.79. The number of hydrogen-bond donors (Lipinski definition) is 0. The van der Waals surface area contributed by atoms with Crippen molar-refractivity contribution in [3.8, 4) is 0 Å². The monoisotopic (exact) mass is 497 g/mol. The molecule has 1 aliphatic heterocycles. The molecule has 0 spiro atoms. The number of carbonyl (C=O) groups excluding carboxylic acids is 3. The maximum atomic E-state index is 15.1. The van der Waals surface area contributed by atoms with Crippen LogP contribution in [0.3, 0.4) is 0 Å². The highest BCUT2D eigenvalue weighted by molar-refractivity contribution is 6.00. The highest BCUT2D eigenvalue weighted by atomic mass is 19.1. The molecule has 36 heavy (non-hydrogen) atoms. The third kappa shape index (κ3) is 4.61. The van der Waals surface area contributed by atoms with Gasteiger partial charge in [-0.2, -0.15) is 0 Å². The van der Waals surface area contributed by atoms with E-state index in [0.717, 1.165) is 17.2 Å². The van der Waals surface area contributed by atoms with Gasteiger partial charge in [0.15, 0.2) is 0 Å². The van der Waals surface area contributed by atoms with Gasteiger partial charge in [0, 0.05) is 32.8 Å². The number of carbonyl (C=O) groups is 3. The minimum atomic E-state index is -1.39. The van der Waals surface area contributed by atoms with Gasteiger partial charge in [-0.1, -0.05) is 44.2 Å². The predicted octanol–water partition coefficient (Wildman–Crippen LogP) is 3.59. The van der Waals surface area contributed by atoms with Crippen LogP contribution in [0.1, 0.15) is 43.0 Å².